The van der Waals surface area contributed by atoms with Crippen LogP contribution in [-0.4, -0.2) is 7.11 Å². The van der Waals surface area contributed by atoms with Gasteiger partial charge in [0, 0.05) is 0 Å². The van der Waals surface area contributed by atoms with Gasteiger partial charge in [-0.1, -0.05) is 36.9 Å². The zero-order valence-electron chi connectivity index (χ0n) is 9.00. The van der Waals surface area contributed by atoms with Crippen molar-refractivity contribution in [3.05, 3.63) is 53.8 Å². The third-order valence-corrected chi connectivity index (χ3v) is 2.14. The summed E-state index contributed by atoms with van der Waals surface area (Å²) in [6, 6.07) is 10.2. The average Bonchev–Trinajstić information content (AvgIpc) is 2.19. The molecule has 1 heteroatoms. The summed E-state index contributed by atoms with van der Waals surface area (Å²) in [6.45, 7) is 7.88. The standard InChI is InChI=1S/C13H16O/c1-10(2)13(14-4)11(3)12-8-6-5-7-9-12/h5-9H,1H2,2-4H3/b13-11-. The second-order valence-corrected chi connectivity index (χ2v) is 3.30. The van der Waals surface area contributed by atoms with E-state index in [-0.39, 0.29) is 0 Å². The van der Waals surface area contributed by atoms with Gasteiger partial charge in [0.1, 0.15) is 5.76 Å². The van der Waals surface area contributed by atoms with Crippen LogP contribution in [0.15, 0.2) is 48.2 Å². The quantitative estimate of drug-likeness (QED) is 0.519. The van der Waals surface area contributed by atoms with Gasteiger partial charge in [-0.2, -0.15) is 0 Å². The van der Waals surface area contributed by atoms with Crippen molar-refractivity contribution in [3.63, 3.8) is 0 Å². The van der Waals surface area contributed by atoms with Crippen LogP contribution in [-0.2, 0) is 4.74 Å². The smallest absolute Gasteiger partial charge is 0.124 e. The Kier molecular flexibility index (Phi) is 3.52. The minimum absolute atomic E-state index is 0.871. The van der Waals surface area contributed by atoms with E-state index < -0.39 is 0 Å². The fourth-order valence-corrected chi connectivity index (χ4v) is 1.47. The Balaban J connectivity index is 3.15. The molecule has 74 valence electrons. The highest BCUT2D eigenvalue weighted by atomic mass is 16.5. The summed E-state index contributed by atoms with van der Waals surface area (Å²) >= 11 is 0. The van der Waals surface area contributed by atoms with Crippen molar-refractivity contribution in [1.82, 2.24) is 0 Å². The summed E-state index contributed by atoms with van der Waals surface area (Å²) in [6.07, 6.45) is 0. The molecule has 0 saturated heterocycles. The molecule has 0 aliphatic heterocycles. The van der Waals surface area contributed by atoms with Crippen molar-refractivity contribution in [2.45, 2.75) is 13.8 Å². The van der Waals surface area contributed by atoms with E-state index in [4.69, 9.17) is 4.74 Å². The van der Waals surface area contributed by atoms with Gasteiger partial charge in [-0.25, -0.2) is 0 Å². The lowest BCUT2D eigenvalue weighted by molar-refractivity contribution is 0.303. The van der Waals surface area contributed by atoms with E-state index in [0.29, 0.717) is 0 Å². The van der Waals surface area contributed by atoms with Crippen LogP contribution in [0.3, 0.4) is 0 Å². The molecule has 0 radical (unpaired) electrons. The van der Waals surface area contributed by atoms with E-state index in [1.54, 1.807) is 7.11 Å². The van der Waals surface area contributed by atoms with E-state index in [9.17, 15) is 0 Å². The zero-order valence-corrected chi connectivity index (χ0v) is 9.00. The van der Waals surface area contributed by atoms with Gasteiger partial charge in [0.05, 0.1) is 7.11 Å². The predicted octanol–water partition coefficient (Wildman–Crippen LogP) is 3.64. The number of ether oxygens (including phenoxy) is 1. The van der Waals surface area contributed by atoms with Gasteiger partial charge in [0.2, 0.25) is 0 Å². The average molecular weight is 188 g/mol. The Hall–Kier alpha value is -1.50. The molecule has 0 aliphatic carbocycles. The number of benzene rings is 1. The Labute approximate surface area is 85.7 Å². The molecule has 1 aromatic rings. The molecule has 0 saturated carbocycles. The van der Waals surface area contributed by atoms with Crippen LogP contribution in [0.5, 0.6) is 0 Å². The summed E-state index contributed by atoms with van der Waals surface area (Å²) < 4.78 is 5.31. The van der Waals surface area contributed by atoms with Gasteiger partial charge >= 0.3 is 0 Å². The molecule has 0 aromatic heterocycles. The fraction of sp³-hybridized carbons (Fsp3) is 0.231. The molecular formula is C13H16O. The molecule has 0 bridgehead atoms. The molecular weight excluding hydrogens is 172 g/mol. The Morgan fingerprint density at radius 3 is 2.14 bits per heavy atom. The molecule has 0 heterocycles. The number of hydrogen-bond donors (Lipinski definition) is 0. The Morgan fingerprint density at radius 1 is 1.14 bits per heavy atom. The summed E-state index contributed by atoms with van der Waals surface area (Å²) in [5.74, 6) is 0.871. The normalized spacial score (nSPS) is 11.9. The first-order chi connectivity index (χ1) is 6.66. The molecule has 0 unspecified atom stereocenters. The maximum atomic E-state index is 5.31. The number of hydrogen-bond acceptors (Lipinski definition) is 1. The number of allylic oxidation sites excluding steroid dienone is 2. The van der Waals surface area contributed by atoms with Gasteiger partial charge in [-0.05, 0) is 30.6 Å². The van der Waals surface area contributed by atoms with Crippen LogP contribution in [0, 0.1) is 0 Å². The van der Waals surface area contributed by atoms with E-state index in [2.05, 4.69) is 18.7 Å². The minimum Gasteiger partial charge on any atom is -0.496 e. The van der Waals surface area contributed by atoms with Crippen LogP contribution in [0.25, 0.3) is 5.57 Å². The van der Waals surface area contributed by atoms with Crippen molar-refractivity contribution < 1.29 is 4.74 Å². The summed E-state index contributed by atoms with van der Waals surface area (Å²) in [7, 11) is 1.68. The predicted molar refractivity (Wildman–Crippen MR) is 60.9 cm³/mol. The van der Waals surface area contributed by atoms with Gasteiger partial charge in [0.25, 0.3) is 0 Å². The maximum Gasteiger partial charge on any atom is 0.124 e. The molecule has 1 nitrogen and oxygen atoms in total. The van der Waals surface area contributed by atoms with Crippen molar-refractivity contribution in [1.29, 1.82) is 0 Å². The monoisotopic (exact) mass is 188 g/mol. The highest BCUT2D eigenvalue weighted by Crippen LogP contribution is 2.22. The lowest BCUT2D eigenvalue weighted by Crippen LogP contribution is -1.92. The molecule has 1 aromatic carbocycles. The first-order valence-corrected chi connectivity index (χ1v) is 4.63. The van der Waals surface area contributed by atoms with Gasteiger partial charge < -0.3 is 4.74 Å². The van der Waals surface area contributed by atoms with E-state index in [1.807, 2.05) is 32.0 Å². The van der Waals surface area contributed by atoms with E-state index >= 15 is 0 Å². The minimum atomic E-state index is 0.871. The topological polar surface area (TPSA) is 9.23 Å². The second-order valence-electron chi connectivity index (χ2n) is 3.30. The van der Waals surface area contributed by atoms with Gasteiger partial charge in [-0.3, -0.25) is 0 Å². The largest absolute Gasteiger partial charge is 0.496 e. The van der Waals surface area contributed by atoms with Crippen molar-refractivity contribution in [2.24, 2.45) is 0 Å². The van der Waals surface area contributed by atoms with E-state index in [0.717, 1.165) is 16.9 Å². The van der Waals surface area contributed by atoms with Crippen molar-refractivity contribution >= 4 is 5.57 Å². The number of methoxy groups -OCH3 is 1. The molecule has 1 rings (SSSR count). The third kappa shape index (κ3) is 2.25. The van der Waals surface area contributed by atoms with Gasteiger partial charge in [-0.15, -0.1) is 0 Å². The second kappa shape index (κ2) is 4.66. The highest BCUT2D eigenvalue weighted by molar-refractivity contribution is 5.68. The van der Waals surface area contributed by atoms with Crippen molar-refractivity contribution in [2.75, 3.05) is 7.11 Å². The van der Waals surface area contributed by atoms with Crippen LogP contribution in [0.2, 0.25) is 0 Å². The van der Waals surface area contributed by atoms with E-state index in [1.165, 1.54) is 5.56 Å². The first-order valence-electron chi connectivity index (χ1n) is 4.63. The third-order valence-electron chi connectivity index (χ3n) is 2.14. The summed E-state index contributed by atoms with van der Waals surface area (Å²) in [5, 5.41) is 0. The lowest BCUT2D eigenvalue weighted by atomic mass is 10.0. The lowest BCUT2D eigenvalue weighted by Gasteiger charge is -2.10. The summed E-state index contributed by atoms with van der Waals surface area (Å²) in [4.78, 5) is 0. The fourth-order valence-electron chi connectivity index (χ4n) is 1.47. The first kappa shape index (κ1) is 10.6. The number of rotatable bonds is 3. The highest BCUT2D eigenvalue weighted by Gasteiger charge is 2.04. The molecule has 0 aliphatic rings. The van der Waals surface area contributed by atoms with Gasteiger partial charge in [0.15, 0.2) is 0 Å². The molecule has 0 spiro atoms. The Morgan fingerprint density at radius 2 is 1.71 bits per heavy atom. The maximum absolute atomic E-state index is 5.31. The van der Waals surface area contributed by atoms with Crippen LogP contribution in [0.1, 0.15) is 19.4 Å². The SMILES string of the molecule is C=C(C)/C(OC)=C(\C)c1ccccc1. The van der Waals surface area contributed by atoms with Crippen LogP contribution in [0.4, 0.5) is 0 Å². The van der Waals surface area contributed by atoms with Crippen molar-refractivity contribution in [3.8, 4) is 0 Å². The summed E-state index contributed by atoms with van der Waals surface area (Å²) in [5.41, 5.74) is 3.25. The molecule has 0 atom stereocenters. The molecule has 0 N–H and O–H groups in total. The molecule has 0 fully saturated rings. The van der Waals surface area contributed by atoms with Crippen LogP contribution >= 0.6 is 0 Å². The Bertz CT molecular complexity index is 347. The molecule has 0 amide bonds. The molecule has 14 heavy (non-hydrogen) atoms. The van der Waals surface area contributed by atoms with Crippen LogP contribution < -0.4 is 0 Å². The zero-order chi connectivity index (χ0) is 10.6.